The summed E-state index contributed by atoms with van der Waals surface area (Å²) in [7, 11) is 1.14. The van der Waals surface area contributed by atoms with Crippen molar-refractivity contribution in [3.05, 3.63) is 52.0 Å². The average Bonchev–Trinajstić information content (AvgIpc) is 2.61. The molecule has 1 atom stereocenters. The second-order valence-electron chi connectivity index (χ2n) is 5.15. The van der Waals surface area contributed by atoms with Crippen LogP contribution in [0.25, 0.3) is 0 Å². The van der Waals surface area contributed by atoms with Crippen molar-refractivity contribution in [1.29, 1.82) is 5.26 Å². The smallest absolute Gasteiger partial charge is 0.327 e. The first-order valence-electron chi connectivity index (χ1n) is 7.13. The number of benzene rings is 1. The predicted octanol–water partition coefficient (Wildman–Crippen LogP) is 2.83. The number of carbonyl (C=O) groups is 3. The van der Waals surface area contributed by atoms with Crippen LogP contribution in [-0.2, 0) is 19.1 Å². The second kappa shape index (κ2) is 7.28. The number of hydrogen-bond donors (Lipinski definition) is 0. The lowest BCUT2D eigenvalue weighted by atomic mass is 9.84. The Hall–Kier alpha value is -2.65. The first-order chi connectivity index (χ1) is 11.4. The molecule has 0 spiro atoms. The Morgan fingerprint density at radius 1 is 1.12 bits per heavy atom. The molecular weight excluding hydrogens is 326 g/mol. The molecule has 1 unspecified atom stereocenters. The lowest BCUT2D eigenvalue weighted by Gasteiger charge is -2.22. The fourth-order valence-electron chi connectivity index (χ4n) is 2.26. The minimum Gasteiger partial charge on any atom is -0.468 e. The van der Waals surface area contributed by atoms with Gasteiger partial charge >= 0.3 is 5.97 Å². The number of hydrogen-bond acceptors (Lipinski definition) is 6. The molecule has 0 amide bonds. The highest BCUT2D eigenvalue weighted by Crippen LogP contribution is 2.39. The Morgan fingerprint density at radius 3 is 2.25 bits per heavy atom. The molecule has 1 aliphatic rings. The Balaban J connectivity index is 2.63. The number of nitriles is 1. The van der Waals surface area contributed by atoms with Gasteiger partial charge in [0, 0.05) is 21.6 Å². The summed E-state index contributed by atoms with van der Waals surface area (Å²) in [4.78, 5) is 38.1. The molecule has 0 saturated carbocycles. The predicted molar refractivity (Wildman–Crippen MR) is 88.8 cm³/mol. The summed E-state index contributed by atoms with van der Waals surface area (Å²) in [5.41, 5.74) is 0.464. The van der Waals surface area contributed by atoms with Crippen LogP contribution in [0.3, 0.4) is 0 Å². The van der Waals surface area contributed by atoms with Crippen molar-refractivity contribution in [2.24, 2.45) is 5.92 Å². The number of Topliss-reactive ketones (excluding diaryl/α,β-unsaturated/α-hetero) is 2. The first-order valence-corrected chi connectivity index (χ1v) is 7.95. The normalized spacial score (nSPS) is 16.1. The van der Waals surface area contributed by atoms with E-state index in [1.165, 1.54) is 6.92 Å². The maximum absolute atomic E-state index is 12.7. The topological polar surface area (TPSA) is 84.2 Å². The monoisotopic (exact) mass is 341 g/mol. The van der Waals surface area contributed by atoms with E-state index in [0.717, 1.165) is 23.8 Å². The van der Waals surface area contributed by atoms with Crippen LogP contribution in [0.1, 0.15) is 13.8 Å². The molecule has 24 heavy (non-hydrogen) atoms. The SMILES string of the molecule is COC(=O)C(C#N)C1=C(Sc2ccccc2)C(=O)C(C)=C(C)C1=O. The van der Waals surface area contributed by atoms with Crippen LogP contribution in [0.5, 0.6) is 0 Å². The van der Waals surface area contributed by atoms with E-state index in [1.54, 1.807) is 37.3 Å². The van der Waals surface area contributed by atoms with Gasteiger partial charge in [0.1, 0.15) is 0 Å². The van der Waals surface area contributed by atoms with Gasteiger partial charge in [-0.25, -0.2) is 0 Å². The number of rotatable bonds is 4. The number of thioether (sulfide) groups is 1. The lowest BCUT2D eigenvalue weighted by molar-refractivity contribution is -0.143. The number of nitrogens with zero attached hydrogens (tertiary/aromatic N) is 1. The van der Waals surface area contributed by atoms with Gasteiger partial charge in [0.25, 0.3) is 0 Å². The van der Waals surface area contributed by atoms with Gasteiger partial charge in [0.2, 0.25) is 0 Å². The Bertz CT molecular complexity index is 815. The first kappa shape index (κ1) is 17.7. The van der Waals surface area contributed by atoms with E-state index in [1.807, 2.05) is 6.07 Å². The second-order valence-corrected chi connectivity index (χ2v) is 6.24. The summed E-state index contributed by atoms with van der Waals surface area (Å²) in [6, 6.07) is 10.8. The van der Waals surface area contributed by atoms with E-state index in [4.69, 9.17) is 0 Å². The molecule has 0 fully saturated rings. The molecule has 1 aromatic rings. The van der Waals surface area contributed by atoms with Crippen molar-refractivity contribution < 1.29 is 19.1 Å². The summed E-state index contributed by atoms with van der Waals surface area (Å²) in [6.07, 6.45) is 0. The minimum absolute atomic E-state index is 0.103. The third-order valence-corrected chi connectivity index (χ3v) is 4.87. The molecule has 122 valence electrons. The highest BCUT2D eigenvalue weighted by molar-refractivity contribution is 8.04. The van der Waals surface area contributed by atoms with Crippen LogP contribution in [0.4, 0.5) is 0 Å². The van der Waals surface area contributed by atoms with E-state index in [0.29, 0.717) is 5.57 Å². The van der Waals surface area contributed by atoms with E-state index >= 15 is 0 Å². The Labute approximate surface area is 144 Å². The number of methoxy groups -OCH3 is 1. The van der Waals surface area contributed by atoms with Crippen molar-refractivity contribution >= 4 is 29.3 Å². The maximum Gasteiger partial charge on any atom is 0.327 e. The highest BCUT2D eigenvalue weighted by atomic mass is 32.2. The van der Waals surface area contributed by atoms with Gasteiger partial charge in [0.15, 0.2) is 17.5 Å². The van der Waals surface area contributed by atoms with E-state index in [2.05, 4.69) is 4.74 Å². The molecule has 5 nitrogen and oxygen atoms in total. The molecule has 0 radical (unpaired) electrons. The standard InChI is InChI=1S/C18H15NO4S/c1-10-11(2)16(21)17(24-12-7-5-4-6-8-12)14(15(10)20)13(9-19)18(22)23-3/h4-8,13H,1-3H3. The fourth-order valence-corrected chi connectivity index (χ4v) is 3.36. The van der Waals surface area contributed by atoms with Gasteiger partial charge < -0.3 is 4.74 Å². The van der Waals surface area contributed by atoms with Crippen molar-refractivity contribution in [1.82, 2.24) is 0 Å². The number of ether oxygens (including phenoxy) is 1. The number of allylic oxidation sites excluding steroid dienone is 3. The van der Waals surface area contributed by atoms with Gasteiger partial charge in [-0.3, -0.25) is 14.4 Å². The molecule has 1 aliphatic carbocycles. The van der Waals surface area contributed by atoms with Gasteiger partial charge in [-0.1, -0.05) is 30.0 Å². The van der Waals surface area contributed by atoms with Crippen molar-refractivity contribution in [2.75, 3.05) is 7.11 Å². The van der Waals surface area contributed by atoms with Gasteiger partial charge in [-0.2, -0.15) is 5.26 Å². The van der Waals surface area contributed by atoms with E-state index in [9.17, 15) is 19.6 Å². The molecule has 0 saturated heterocycles. The molecule has 6 heteroatoms. The average molecular weight is 341 g/mol. The summed E-state index contributed by atoms with van der Waals surface area (Å²) in [6.45, 7) is 3.09. The molecular formula is C18H15NO4S. The highest BCUT2D eigenvalue weighted by Gasteiger charge is 2.38. The van der Waals surface area contributed by atoms with Crippen LogP contribution in [0.15, 0.2) is 56.9 Å². The minimum atomic E-state index is -1.43. The Kier molecular flexibility index (Phi) is 5.37. The Morgan fingerprint density at radius 2 is 1.71 bits per heavy atom. The quantitative estimate of drug-likeness (QED) is 0.618. The van der Waals surface area contributed by atoms with Crippen molar-refractivity contribution in [2.45, 2.75) is 18.7 Å². The maximum atomic E-state index is 12.7. The zero-order valence-corrected chi connectivity index (χ0v) is 14.3. The van der Waals surface area contributed by atoms with Crippen LogP contribution in [0, 0.1) is 17.2 Å². The van der Waals surface area contributed by atoms with E-state index in [-0.39, 0.29) is 21.8 Å². The summed E-state index contributed by atoms with van der Waals surface area (Å²) in [5.74, 6) is -3.10. The van der Waals surface area contributed by atoms with Crippen molar-refractivity contribution in [3.63, 3.8) is 0 Å². The molecule has 0 aromatic heterocycles. The summed E-state index contributed by atoms with van der Waals surface area (Å²) >= 11 is 1.08. The molecule has 2 rings (SSSR count). The zero-order valence-electron chi connectivity index (χ0n) is 13.5. The third kappa shape index (κ3) is 3.17. The van der Waals surface area contributed by atoms with Gasteiger partial charge in [0.05, 0.1) is 18.1 Å². The summed E-state index contributed by atoms with van der Waals surface area (Å²) in [5, 5.41) is 9.35. The molecule has 0 aliphatic heterocycles. The number of carbonyl (C=O) groups excluding carboxylic acids is 3. The lowest BCUT2D eigenvalue weighted by Crippen LogP contribution is -2.29. The number of ketones is 2. The van der Waals surface area contributed by atoms with Crippen molar-refractivity contribution in [3.8, 4) is 6.07 Å². The van der Waals surface area contributed by atoms with Crippen LogP contribution in [-0.4, -0.2) is 24.6 Å². The fraction of sp³-hybridized carbons (Fsp3) is 0.222. The largest absolute Gasteiger partial charge is 0.468 e. The molecule has 1 aromatic carbocycles. The summed E-state index contributed by atoms with van der Waals surface area (Å²) < 4.78 is 4.62. The van der Waals surface area contributed by atoms with Gasteiger partial charge in [-0.15, -0.1) is 0 Å². The van der Waals surface area contributed by atoms with Crippen LogP contribution < -0.4 is 0 Å². The van der Waals surface area contributed by atoms with Crippen LogP contribution >= 0.6 is 11.8 Å². The van der Waals surface area contributed by atoms with E-state index < -0.39 is 17.7 Å². The number of esters is 1. The molecule has 0 heterocycles. The molecule has 0 bridgehead atoms. The van der Waals surface area contributed by atoms with Crippen LogP contribution in [0.2, 0.25) is 0 Å². The zero-order chi connectivity index (χ0) is 17.9. The third-order valence-electron chi connectivity index (χ3n) is 3.76. The molecule has 0 N–H and O–H groups in total. The van der Waals surface area contributed by atoms with Gasteiger partial charge in [-0.05, 0) is 26.0 Å².